The predicted molar refractivity (Wildman–Crippen MR) is 93.6 cm³/mol. The fourth-order valence-electron chi connectivity index (χ4n) is 2.93. The summed E-state index contributed by atoms with van der Waals surface area (Å²) in [4.78, 5) is 6.45. The highest BCUT2D eigenvalue weighted by atomic mass is 32.2. The molecule has 0 aliphatic carbocycles. The summed E-state index contributed by atoms with van der Waals surface area (Å²) in [5.41, 5.74) is 1.33. The van der Waals surface area contributed by atoms with Crippen molar-refractivity contribution in [2.45, 2.75) is 31.6 Å². The van der Waals surface area contributed by atoms with E-state index in [2.05, 4.69) is 14.6 Å². The molecule has 0 fully saturated rings. The lowest BCUT2D eigenvalue weighted by Crippen LogP contribution is -2.31. The van der Waals surface area contributed by atoms with Crippen LogP contribution in [0.5, 0.6) is 11.5 Å². The maximum atomic E-state index is 12.3. The zero-order valence-corrected chi connectivity index (χ0v) is 15.0. The first kappa shape index (κ1) is 16.9. The van der Waals surface area contributed by atoms with Crippen LogP contribution in [-0.2, 0) is 10.0 Å². The maximum Gasteiger partial charge on any atom is 0.235 e. The zero-order chi connectivity index (χ0) is 17.3. The first-order valence-electron chi connectivity index (χ1n) is 8.05. The highest BCUT2D eigenvalue weighted by Crippen LogP contribution is 2.45. The van der Waals surface area contributed by atoms with Gasteiger partial charge in [-0.15, -0.1) is 0 Å². The number of aliphatic imine (C=N–C) groups is 1. The summed E-state index contributed by atoms with van der Waals surface area (Å²) in [6.07, 6.45) is 2.70. The second-order valence-electron chi connectivity index (χ2n) is 6.17. The Kier molecular flexibility index (Phi) is 4.58. The standard InChI is InChI=1S/C16H23N3O4S/c1-11(2)24(20,21)18-15-14(22-3)5-4-12-13(6-9-23-16(12)15)19-8-7-17-10-19/h4-5,10-11,13,18H,6-9H2,1-3H3. The molecule has 1 atom stereocenters. The number of ether oxygens (including phenoxy) is 2. The largest absolute Gasteiger partial charge is 0.494 e. The van der Waals surface area contributed by atoms with Crippen LogP contribution in [-0.4, -0.2) is 51.7 Å². The summed E-state index contributed by atoms with van der Waals surface area (Å²) in [5, 5.41) is -0.553. The van der Waals surface area contributed by atoms with Crippen molar-refractivity contribution >= 4 is 22.0 Å². The van der Waals surface area contributed by atoms with Crippen LogP contribution >= 0.6 is 0 Å². The van der Waals surface area contributed by atoms with E-state index in [1.54, 1.807) is 19.9 Å². The minimum atomic E-state index is -3.50. The molecular formula is C16H23N3O4S. The lowest BCUT2D eigenvalue weighted by Gasteiger charge is -2.33. The van der Waals surface area contributed by atoms with Gasteiger partial charge in [-0.2, -0.15) is 0 Å². The molecule has 2 aliphatic rings. The molecule has 1 aromatic carbocycles. The van der Waals surface area contributed by atoms with Crippen LogP contribution in [0.1, 0.15) is 31.9 Å². The molecule has 132 valence electrons. The Morgan fingerprint density at radius 2 is 2.21 bits per heavy atom. The van der Waals surface area contributed by atoms with Crippen LogP contribution in [0.3, 0.4) is 0 Å². The van der Waals surface area contributed by atoms with Crippen molar-refractivity contribution in [1.82, 2.24) is 4.90 Å². The van der Waals surface area contributed by atoms with Gasteiger partial charge in [0.25, 0.3) is 0 Å². The first-order chi connectivity index (χ1) is 11.4. The second kappa shape index (κ2) is 6.51. The molecule has 8 heteroatoms. The van der Waals surface area contributed by atoms with Gasteiger partial charge in [0.1, 0.15) is 11.4 Å². The van der Waals surface area contributed by atoms with Crippen LogP contribution in [0.15, 0.2) is 17.1 Å². The van der Waals surface area contributed by atoms with Gasteiger partial charge in [0, 0.05) is 18.5 Å². The second-order valence-corrected chi connectivity index (χ2v) is 8.41. The van der Waals surface area contributed by atoms with Gasteiger partial charge in [-0.3, -0.25) is 9.71 Å². The molecule has 0 aromatic heterocycles. The Bertz CT molecular complexity index is 746. The normalized spacial score (nSPS) is 20.0. The van der Waals surface area contributed by atoms with E-state index in [0.29, 0.717) is 23.8 Å². The van der Waals surface area contributed by atoms with E-state index in [1.165, 1.54) is 7.11 Å². The number of methoxy groups -OCH3 is 1. The summed E-state index contributed by atoms with van der Waals surface area (Å²) < 4.78 is 38.5. The molecule has 1 aromatic rings. The molecule has 1 N–H and O–H groups in total. The Hall–Kier alpha value is -1.96. The molecular weight excluding hydrogens is 330 g/mol. The van der Waals surface area contributed by atoms with E-state index >= 15 is 0 Å². The highest BCUT2D eigenvalue weighted by molar-refractivity contribution is 7.93. The van der Waals surface area contributed by atoms with Crippen molar-refractivity contribution in [3.63, 3.8) is 0 Å². The third-order valence-corrected chi connectivity index (χ3v) is 6.08. The first-order valence-corrected chi connectivity index (χ1v) is 9.59. The van der Waals surface area contributed by atoms with Gasteiger partial charge < -0.3 is 14.4 Å². The van der Waals surface area contributed by atoms with Gasteiger partial charge in [-0.05, 0) is 26.0 Å². The van der Waals surface area contributed by atoms with Gasteiger partial charge in [0.05, 0.1) is 37.9 Å². The molecule has 2 heterocycles. The maximum absolute atomic E-state index is 12.3. The third-order valence-electron chi connectivity index (χ3n) is 4.35. The van der Waals surface area contributed by atoms with E-state index in [1.807, 2.05) is 12.4 Å². The third kappa shape index (κ3) is 3.02. The topological polar surface area (TPSA) is 80.2 Å². The quantitative estimate of drug-likeness (QED) is 0.876. The number of hydrogen-bond donors (Lipinski definition) is 1. The van der Waals surface area contributed by atoms with Gasteiger partial charge in [-0.25, -0.2) is 8.42 Å². The molecule has 0 spiro atoms. The number of benzene rings is 1. The lowest BCUT2D eigenvalue weighted by molar-refractivity contribution is 0.210. The molecule has 24 heavy (non-hydrogen) atoms. The van der Waals surface area contributed by atoms with Gasteiger partial charge in [-0.1, -0.05) is 0 Å². The molecule has 0 bridgehead atoms. The summed E-state index contributed by atoms with van der Waals surface area (Å²) >= 11 is 0. The molecule has 2 aliphatic heterocycles. The number of sulfonamides is 1. The fraction of sp³-hybridized carbons (Fsp3) is 0.562. The minimum Gasteiger partial charge on any atom is -0.494 e. The van der Waals surface area contributed by atoms with Crippen molar-refractivity contribution in [2.24, 2.45) is 4.99 Å². The van der Waals surface area contributed by atoms with Crippen molar-refractivity contribution < 1.29 is 17.9 Å². The highest BCUT2D eigenvalue weighted by Gasteiger charge is 2.31. The number of nitrogens with zero attached hydrogens (tertiary/aromatic N) is 2. The van der Waals surface area contributed by atoms with E-state index < -0.39 is 15.3 Å². The lowest BCUT2D eigenvalue weighted by atomic mass is 9.98. The van der Waals surface area contributed by atoms with Crippen LogP contribution in [0.4, 0.5) is 5.69 Å². The number of anilines is 1. The Labute approximate surface area is 142 Å². The fourth-order valence-corrected chi connectivity index (χ4v) is 3.64. The number of hydrogen-bond acceptors (Lipinski definition) is 6. The molecule has 0 radical (unpaired) electrons. The number of nitrogens with one attached hydrogen (secondary N) is 1. The minimum absolute atomic E-state index is 0.133. The van der Waals surface area contributed by atoms with Crippen LogP contribution in [0, 0.1) is 0 Å². The molecule has 0 saturated carbocycles. The number of fused-ring (bicyclic) bond motifs is 1. The van der Waals surface area contributed by atoms with E-state index in [4.69, 9.17) is 9.47 Å². The monoisotopic (exact) mass is 353 g/mol. The van der Waals surface area contributed by atoms with Gasteiger partial charge in [0.15, 0.2) is 5.75 Å². The van der Waals surface area contributed by atoms with E-state index in [-0.39, 0.29) is 6.04 Å². The summed E-state index contributed by atoms with van der Waals surface area (Å²) in [5.74, 6) is 1.00. The predicted octanol–water partition coefficient (Wildman–Crippen LogP) is 2.01. The summed E-state index contributed by atoms with van der Waals surface area (Å²) in [6.45, 7) is 5.44. The average molecular weight is 353 g/mol. The Morgan fingerprint density at radius 1 is 1.42 bits per heavy atom. The van der Waals surface area contributed by atoms with Crippen LogP contribution in [0.25, 0.3) is 0 Å². The SMILES string of the molecule is COc1ccc2c(c1NS(=O)(=O)C(C)C)OCCC2N1C=NCC1. The summed E-state index contributed by atoms with van der Waals surface area (Å²) in [7, 11) is -1.99. The van der Waals surface area contributed by atoms with Crippen molar-refractivity contribution in [3.8, 4) is 11.5 Å². The van der Waals surface area contributed by atoms with Gasteiger partial charge in [0.2, 0.25) is 10.0 Å². The Balaban J connectivity index is 2.05. The summed E-state index contributed by atoms with van der Waals surface area (Å²) in [6, 6.07) is 3.86. The number of rotatable bonds is 5. The van der Waals surface area contributed by atoms with Gasteiger partial charge >= 0.3 is 0 Å². The van der Waals surface area contributed by atoms with E-state index in [9.17, 15) is 8.42 Å². The van der Waals surface area contributed by atoms with Crippen LogP contribution in [0.2, 0.25) is 0 Å². The zero-order valence-electron chi connectivity index (χ0n) is 14.2. The van der Waals surface area contributed by atoms with Crippen LogP contribution < -0.4 is 14.2 Å². The van der Waals surface area contributed by atoms with Crippen molar-refractivity contribution in [1.29, 1.82) is 0 Å². The van der Waals surface area contributed by atoms with Crippen molar-refractivity contribution in [2.75, 3.05) is 31.5 Å². The smallest absolute Gasteiger partial charge is 0.235 e. The average Bonchev–Trinajstić information content (AvgIpc) is 3.08. The molecule has 0 amide bonds. The van der Waals surface area contributed by atoms with Crippen molar-refractivity contribution in [3.05, 3.63) is 17.7 Å². The Morgan fingerprint density at radius 3 is 2.83 bits per heavy atom. The molecule has 0 saturated heterocycles. The van der Waals surface area contributed by atoms with E-state index in [0.717, 1.165) is 25.1 Å². The molecule has 3 rings (SSSR count). The molecule has 1 unspecified atom stereocenters. The molecule has 7 nitrogen and oxygen atoms in total.